The first-order valence-electron chi connectivity index (χ1n) is 13.4. The molecule has 2 aliphatic rings. The normalized spacial score (nSPS) is 15.7. The maximum atomic E-state index is 14.8. The van der Waals surface area contributed by atoms with Crippen molar-refractivity contribution in [1.29, 1.82) is 0 Å². The average molecular weight is 597 g/mol. The quantitative estimate of drug-likeness (QED) is 0.214. The summed E-state index contributed by atoms with van der Waals surface area (Å²) in [5.74, 6) is -4.51. The number of aryl methyl sites for hydroxylation is 1. The Bertz CT molecular complexity index is 1790. The molecule has 0 spiro atoms. The molecule has 6 nitrogen and oxygen atoms in total. The fourth-order valence-corrected chi connectivity index (χ4v) is 7.04. The molecule has 4 aromatic rings. The van der Waals surface area contributed by atoms with Crippen molar-refractivity contribution in [1.82, 2.24) is 4.98 Å². The largest absolute Gasteiger partial charge is 0.478 e. The van der Waals surface area contributed by atoms with Gasteiger partial charge in [-0.05, 0) is 73.9 Å². The van der Waals surface area contributed by atoms with Crippen LogP contribution in [0.3, 0.4) is 0 Å². The van der Waals surface area contributed by atoms with Gasteiger partial charge in [-0.15, -0.1) is 0 Å². The Labute approximate surface area is 241 Å². The van der Waals surface area contributed by atoms with Gasteiger partial charge in [-0.1, -0.05) is 48.0 Å². The first-order valence-corrected chi connectivity index (χ1v) is 15.2. The number of carboxylic acid groups (broad SMARTS) is 1. The number of halogens is 3. The highest BCUT2D eigenvalue weighted by atomic mass is 35.5. The Morgan fingerprint density at radius 1 is 1.02 bits per heavy atom. The summed E-state index contributed by atoms with van der Waals surface area (Å²) in [4.78, 5) is 16.2. The van der Waals surface area contributed by atoms with Crippen LogP contribution in [0.1, 0.15) is 64.3 Å². The minimum absolute atomic E-state index is 0.0505. The second kappa shape index (κ2) is 10.1. The lowest BCUT2D eigenvalue weighted by Crippen LogP contribution is -2.32. The van der Waals surface area contributed by atoms with E-state index in [1.165, 1.54) is 46.8 Å². The van der Waals surface area contributed by atoms with Crippen molar-refractivity contribution in [2.24, 2.45) is 5.92 Å². The van der Waals surface area contributed by atoms with E-state index < -0.39 is 27.8 Å². The second-order valence-corrected chi connectivity index (χ2v) is 13.1. The summed E-state index contributed by atoms with van der Waals surface area (Å²) in [5, 5.41) is 11.0. The van der Waals surface area contributed by atoms with Crippen LogP contribution in [-0.2, 0) is 22.5 Å². The van der Waals surface area contributed by atoms with Crippen LogP contribution in [0.2, 0.25) is 5.02 Å². The van der Waals surface area contributed by atoms with Crippen molar-refractivity contribution >= 4 is 44.2 Å². The molecule has 0 bridgehead atoms. The lowest BCUT2D eigenvalue weighted by molar-refractivity contribution is -0.0284. The highest BCUT2D eigenvalue weighted by Crippen LogP contribution is 2.51. The minimum atomic E-state index is -4.28. The van der Waals surface area contributed by atoms with E-state index in [0.29, 0.717) is 24.0 Å². The number of nitrogens with zero attached hydrogens (tertiary/aromatic N) is 2. The second-order valence-electron chi connectivity index (χ2n) is 10.8. The van der Waals surface area contributed by atoms with Gasteiger partial charge in [0.2, 0.25) is 0 Å². The molecule has 41 heavy (non-hydrogen) atoms. The number of carbonyl (C=O) groups is 1. The molecule has 3 aromatic carbocycles. The molecular formula is C31H27ClF2N2O4S. The molecule has 1 N–H and O–H groups in total. The third kappa shape index (κ3) is 5.06. The van der Waals surface area contributed by atoms with Crippen molar-refractivity contribution in [2.75, 3.05) is 4.31 Å². The number of fused-ring (bicyclic) bond motifs is 1. The van der Waals surface area contributed by atoms with Gasteiger partial charge in [0.1, 0.15) is 5.82 Å². The topological polar surface area (TPSA) is 87.6 Å². The predicted octanol–water partition coefficient (Wildman–Crippen LogP) is 7.67. The van der Waals surface area contributed by atoms with E-state index >= 15 is 0 Å². The number of hydrogen-bond acceptors (Lipinski definition) is 4. The molecule has 2 aliphatic carbocycles. The number of pyridine rings is 1. The molecule has 0 aliphatic heterocycles. The minimum Gasteiger partial charge on any atom is -0.478 e. The zero-order chi connectivity index (χ0) is 29.1. The molecule has 1 heterocycles. The number of benzene rings is 3. The van der Waals surface area contributed by atoms with Crippen LogP contribution in [0.15, 0.2) is 71.6 Å². The van der Waals surface area contributed by atoms with Gasteiger partial charge in [0.25, 0.3) is 15.9 Å². The molecule has 0 saturated heterocycles. The smallest absolute Gasteiger partial charge is 0.335 e. The molecule has 0 amide bonds. The number of carboxylic acids is 1. The van der Waals surface area contributed by atoms with Crippen molar-refractivity contribution in [3.8, 4) is 0 Å². The Balaban J connectivity index is 1.49. The molecule has 0 unspecified atom stereocenters. The number of rotatable bonds is 9. The summed E-state index contributed by atoms with van der Waals surface area (Å²) in [6.07, 6.45) is 2.78. The molecule has 0 atom stereocenters. The van der Waals surface area contributed by atoms with Crippen molar-refractivity contribution in [3.63, 3.8) is 0 Å². The summed E-state index contributed by atoms with van der Waals surface area (Å²) >= 11 is 6.36. The van der Waals surface area contributed by atoms with Crippen LogP contribution < -0.4 is 4.31 Å². The van der Waals surface area contributed by atoms with E-state index in [2.05, 4.69) is 0 Å². The molecule has 6 rings (SSSR count). The molecule has 10 heteroatoms. The number of hydrogen-bond donors (Lipinski definition) is 1. The van der Waals surface area contributed by atoms with E-state index in [1.54, 1.807) is 0 Å². The maximum absolute atomic E-state index is 14.8. The number of aromatic carboxylic acids is 1. The number of anilines is 1. The summed E-state index contributed by atoms with van der Waals surface area (Å²) in [7, 11) is -4.28. The van der Waals surface area contributed by atoms with Gasteiger partial charge in [-0.2, -0.15) is 0 Å². The van der Waals surface area contributed by atoms with Gasteiger partial charge >= 0.3 is 5.97 Å². The van der Waals surface area contributed by atoms with E-state index in [1.807, 2.05) is 31.2 Å². The maximum Gasteiger partial charge on any atom is 0.335 e. The predicted molar refractivity (Wildman–Crippen MR) is 153 cm³/mol. The van der Waals surface area contributed by atoms with Crippen molar-refractivity contribution in [2.45, 2.75) is 55.9 Å². The van der Waals surface area contributed by atoms with Crippen molar-refractivity contribution < 1.29 is 27.1 Å². The van der Waals surface area contributed by atoms with Gasteiger partial charge in [0.15, 0.2) is 0 Å². The molecule has 212 valence electrons. The van der Waals surface area contributed by atoms with Gasteiger partial charge < -0.3 is 5.11 Å². The monoisotopic (exact) mass is 596 g/mol. The molecule has 2 fully saturated rings. The third-order valence-electron chi connectivity index (χ3n) is 7.87. The fraction of sp³-hybridized carbons (Fsp3) is 0.290. The number of aromatic nitrogens is 1. The van der Waals surface area contributed by atoms with E-state index in [4.69, 9.17) is 16.6 Å². The van der Waals surface area contributed by atoms with E-state index in [9.17, 15) is 27.1 Å². The average Bonchev–Trinajstić information content (AvgIpc) is 3.86. The van der Waals surface area contributed by atoms with Crippen LogP contribution in [0.5, 0.6) is 0 Å². The van der Waals surface area contributed by atoms with Crippen molar-refractivity contribution in [3.05, 3.63) is 99.7 Å². The molecular weight excluding hydrogens is 570 g/mol. The lowest BCUT2D eigenvalue weighted by atomic mass is 10.0. The van der Waals surface area contributed by atoms with E-state index in [0.717, 1.165) is 29.3 Å². The Morgan fingerprint density at radius 3 is 2.27 bits per heavy atom. The van der Waals surface area contributed by atoms with Crippen LogP contribution in [-0.4, -0.2) is 24.5 Å². The van der Waals surface area contributed by atoms with E-state index in [-0.39, 0.29) is 39.3 Å². The third-order valence-corrected chi connectivity index (χ3v) is 9.93. The zero-order valence-electron chi connectivity index (χ0n) is 22.1. The molecule has 0 radical (unpaired) electrons. The summed E-state index contributed by atoms with van der Waals surface area (Å²) in [6, 6.07) is 16.8. The lowest BCUT2D eigenvalue weighted by Gasteiger charge is -2.27. The van der Waals surface area contributed by atoms with Gasteiger partial charge in [-0.25, -0.2) is 31.3 Å². The summed E-state index contributed by atoms with van der Waals surface area (Å²) in [6.45, 7) is 1.60. The first kappa shape index (κ1) is 27.6. The SMILES string of the molecule is Cc1c(N(Cc2ccc(C(F)(F)C3CC3)c(Cl)c2)S(=O)(=O)c2ccc(C(=O)O)cc2)nc(C2CC2)c2ccccc12. The Hall–Kier alpha value is -3.56. The summed E-state index contributed by atoms with van der Waals surface area (Å²) in [5.41, 5.74) is 1.57. The Morgan fingerprint density at radius 2 is 1.68 bits per heavy atom. The van der Waals surface area contributed by atoms with Crippen LogP contribution in [0.4, 0.5) is 14.6 Å². The van der Waals surface area contributed by atoms with Gasteiger partial charge in [0, 0.05) is 28.3 Å². The molecule has 2 saturated carbocycles. The van der Waals surface area contributed by atoms with Gasteiger partial charge in [0.05, 0.1) is 27.7 Å². The fourth-order valence-electron chi connectivity index (χ4n) is 5.25. The zero-order valence-corrected chi connectivity index (χ0v) is 23.7. The Kier molecular flexibility index (Phi) is 6.77. The standard InChI is InChI=1S/C31H27ClF2N2O4S/c1-18-24-4-2-3-5-25(24)28(20-7-8-20)35-29(18)36(41(39,40)23-13-9-21(10-14-23)30(37)38)17-19-6-15-26(27(32)16-19)31(33,34)22-11-12-22/h2-6,9-10,13-16,20,22H,7-8,11-12,17H2,1H3,(H,37,38). The van der Waals surface area contributed by atoms with Crippen LogP contribution >= 0.6 is 11.6 Å². The van der Waals surface area contributed by atoms with Crippen LogP contribution in [0.25, 0.3) is 10.8 Å². The number of sulfonamides is 1. The first-order chi connectivity index (χ1) is 19.5. The van der Waals surface area contributed by atoms with Crippen LogP contribution in [0, 0.1) is 12.8 Å². The van der Waals surface area contributed by atoms with Gasteiger partial charge in [-0.3, -0.25) is 0 Å². The summed E-state index contributed by atoms with van der Waals surface area (Å²) < 4.78 is 59.3. The molecule has 1 aromatic heterocycles. The highest BCUT2D eigenvalue weighted by Gasteiger charge is 2.49. The highest BCUT2D eigenvalue weighted by molar-refractivity contribution is 7.92. The number of alkyl halides is 2.